The molecule has 0 amide bonds. The van der Waals surface area contributed by atoms with Gasteiger partial charge < -0.3 is 9.84 Å². The highest BCUT2D eigenvalue weighted by molar-refractivity contribution is 5.41. The molecule has 111 valence electrons. The fourth-order valence-corrected chi connectivity index (χ4v) is 2.23. The van der Waals surface area contributed by atoms with Crippen molar-refractivity contribution in [2.24, 2.45) is 0 Å². The van der Waals surface area contributed by atoms with Gasteiger partial charge in [0.25, 0.3) is 0 Å². The molecule has 2 aromatic carbocycles. The Morgan fingerprint density at radius 3 is 1.95 bits per heavy atom. The van der Waals surface area contributed by atoms with Crippen LogP contribution in [0.25, 0.3) is 0 Å². The zero-order valence-corrected chi connectivity index (χ0v) is 12.7. The van der Waals surface area contributed by atoms with E-state index in [1.807, 2.05) is 36.4 Å². The summed E-state index contributed by atoms with van der Waals surface area (Å²) in [7, 11) is 0. The van der Waals surface area contributed by atoms with Crippen molar-refractivity contribution in [2.45, 2.75) is 32.3 Å². The third kappa shape index (κ3) is 3.76. The van der Waals surface area contributed by atoms with E-state index in [2.05, 4.69) is 13.8 Å². The Morgan fingerprint density at radius 1 is 1.00 bits per heavy atom. The Morgan fingerprint density at radius 2 is 1.48 bits per heavy atom. The molecule has 2 aromatic rings. The quantitative estimate of drug-likeness (QED) is 0.905. The number of rotatable bonds is 5. The molecular weight excluding hydrogens is 264 g/mol. The fraction of sp³-hybridized carbons (Fsp3) is 0.333. The zero-order valence-electron chi connectivity index (χ0n) is 12.7. The Labute approximate surface area is 125 Å². The average Bonchev–Trinajstić information content (AvgIpc) is 2.46. The summed E-state index contributed by atoms with van der Waals surface area (Å²) in [6, 6.07) is 15.1. The molecule has 21 heavy (non-hydrogen) atoms. The molecule has 0 aliphatic carbocycles. The van der Waals surface area contributed by atoms with Gasteiger partial charge in [-0.15, -0.1) is 0 Å². The van der Waals surface area contributed by atoms with E-state index in [0.29, 0.717) is 5.75 Å². The smallest absolute Gasteiger partial charge is 0.124 e. The summed E-state index contributed by atoms with van der Waals surface area (Å²) >= 11 is 0. The van der Waals surface area contributed by atoms with Crippen molar-refractivity contribution in [3.8, 4) is 11.5 Å². The van der Waals surface area contributed by atoms with Crippen LogP contribution in [0.2, 0.25) is 0 Å². The van der Waals surface area contributed by atoms with E-state index in [0.717, 1.165) is 11.1 Å². The maximum absolute atomic E-state index is 11.0. The Hall–Kier alpha value is -2.00. The predicted molar refractivity (Wildman–Crippen MR) is 82.3 cm³/mol. The highest BCUT2D eigenvalue weighted by Gasteiger charge is 2.23. The van der Waals surface area contributed by atoms with Crippen LogP contribution in [0.3, 0.4) is 0 Å². The fourth-order valence-electron chi connectivity index (χ4n) is 2.23. The summed E-state index contributed by atoms with van der Waals surface area (Å²) in [6.07, 6.45) is -0.724. The van der Waals surface area contributed by atoms with Gasteiger partial charge in [0.1, 0.15) is 24.2 Å². The molecule has 0 aliphatic rings. The predicted octanol–water partition coefficient (Wildman–Crippen LogP) is 3.92. The molecule has 1 N–H and O–H groups in total. The lowest BCUT2D eigenvalue weighted by Crippen LogP contribution is -2.18. The monoisotopic (exact) mass is 285 g/mol. The molecule has 0 heterocycles. The van der Waals surface area contributed by atoms with Crippen LogP contribution in [0.15, 0.2) is 48.5 Å². The van der Waals surface area contributed by atoms with Gasteiger partial charge in [-0.25, -0.2) is 5.11 Å². The first-order chi connectivity index (χ1) is 9.89. The second-order valence-corrected chi connectivity index (χ2v) is 5.82. The minimum Gasteiger partial charge on any atom is -0.508 e. The maximum atomic E-state index is 11.0. The van der Waals surface area contributed by atoms with E-state index in [1.165, 1.54) is 0 Å². The molecule has 0 spiro atoms. The van der Waals surface area contributed by atoms with Crippen LogP contribution in [0.1, 0.15) is 31.9 Å². The van der Waals surface area contributed by atoms with E-state index in [9.17, 15) is 10.2 Å². The highest BCUT2D eigenvalue weighted by atomic mass is 16.5. The summed E-state index contributed by atoms with van der Waals surface area (Å²) in [5.41, 5.74) is 2.11. The zero-order chi connectivity index (χ0) is 15.5. The summed E-state index contributed by atoms with van der Waals surface area (Å²) < 4.78 is 5.41. The van der Waals surface area contributed by atoms with Crippen LogP contribution in [-0.2, 0) is 10.5 Å². The molecule has 3 nitrogen and oxygen atoms in total. The van der Waals surface area contributed by atoms with Crippen molar-refractivity contribution in [3.63, 3.8) is 0 Å². The van der Waals surface area contributed by atoms with Crippen LogP contribution < -0.4 is 4.74 Å². The first-order valence-electron chi connectivity index (χ1n) is 7.08. The van der Waals surface area contributed by atoms with Gasteiger partial charge in [0.05, 0.1) is 0 Å². The molecule has 0 bridgehead atoms. The summed E-state index contributed by atoms with van der Waals surface area (Å²) in [5, 5.41) is 20.4. The Bertz CT molecular complexity index is 568. The van der Waals surface area contributed by atoms with Crippen molar-refractivity contribution < 1.29 is 14.9 Å². The number of hydrogen-bond donors (Lipinski definition) is 1. The molecule has 0 aliphatic heterocycles. The highest BCUT2D eigenvalue weighted by Crippen LogP contribution is 2.33. The van der Waals surface area contributed by atoms with Crippen LogP contribution in [-0.4, -0.2) is 17.8 Å². The maximum Gasteiger partial charge on any atom is 0.124 e. The van der Waals surface area contributed by atoms with Crippen LogP contribution in [0.4, 0.5) is 0 Å². The van der Waals surface area contributed by atoms with E-state index < -0.39 is 6.10 Å². The second kappa shape index (κ2) is 6.19. The van der Waals surface area contributed by atoms with E-state index in [1.54, 1.807) is 19.1 Å². The molecular formula is C18H21O3. The lowest BCUT2D eigenvalue weighted by molar-refractivity contribution is 0.0585. The van der Waals surface area contributed by atoms with Crippen molar-refractivity contribution in [3.05, 3.63) is 59.7 Å². The molecule has 1 radical (unpaired) electrons. The van der Waals surface area contributed by atoms with Gasteiger partial charge in [0, 0.05) is 5.41 Å². The van der Waals surface area contributed by atoms with Gasteiger partial charge in [-0.3, -0.25) is 0 Å². The standard InChI is InChI=1S/C18H21O3/c1-13(19)12-21-17-10-6-15(7-11-17)18(2,3)14-4-8-16(20)9-5-14/h4-11,13,20H,12H2,1-3H3. The van der Waals surface area contributed by atoms with Gasteiger partial charge in [-0.05, 0) is 42.3 Å². The number of aromatic hydroxyl groups is 1. The SMILES string of the molecule is CC([O])COc1ccc(C(C)(C)c2ccc(O)cc2)cc1. The van der Waals surface area contributed by atoms with E-state index in [4.69, 9.17) is 4.74 Å². The van der Waals surface area contributed by atoms with Crippen molar-refractivity contribution in [1.29, 1.82) is 0 Å². The second-order valence-electron chi connectivity index (χ2n) is 5.82. The molecule has 0 aromatic heterocycles. The third-order valence-corrected chi connectivity index (χ3v) is 3.65. The van der Waals surface area contributed by atoms with E-state index >= 15 is 0 Å². The Balaban J connectivity index is 2.18. The van der Waals surface area contributed by atoms with Crippen LogP contribution in [0.5, 0.6) is 11.5 Å². The number of hydrogen-bond acceptors (Lipinski definition) is 2. The van der Waals surface area contributed by atoms with Crippen molar-refractivity contribution in [2.75, 3.05) is 6.61 Å². The van der Waals surface area contributed by atoms with Gasteiger partial charge in [0.2, 0.25) is 0 Å². The van der Waals surface area contributed by atoms with Gasteiger partial charge in [0.15, 0.2) is 0 Å². The first-order valence-corrected chi connectivity index (χ1v) is 7.08. The van der Waals surface area contributed by atoms with Crippen molar-refractivity contribution >= 4 is 0 Å². The van der Waals surface area contributed by atoms with Crippen LogP contribution in [0, 0.1) is 0 Å². The summed E-state index contributed by atoms with van der Waals surface area (Å²) in [6.45, 7) is 6.03. The average molecular weight is 285 g/mol. The minimum atomic E-state index is -0.724. The van der Waals surface area contributed by atoms with Crippen molar-refractivity contribution in [1.82, 2.24) is 0 Å². The van der Waals surface area contributed by atoms with Gasteiger partial charge in [-0.1, -0.05) is 38.1 Å². The largest absolute Gasteiger partial charge is 0.508 e. The molecule has 3 heteroatoms. The minimum absolute atomic E-state index is 0.169. The summed E-state index contributed by atoms with van der Waals surface area (Å²) in [4.78, 5) is 0. The number of phenols is 1. The normalized spacial score (nSPS) is 13.0. The molecule has 2 rings (SSSR count). The topological polar surface area (TPSA) is 49.4 Å². The Kier molecular flexibility index (Phi) is 4.53. The molecule has 1 unspecified atom stereocenters. The molecule has 0 saturated carbocycles. The lowest BCUT2D eigenvalue weighted by atomic mass is 9.78. The first kappa shape index (κ1) is 15.4. The molecule has 0 fully saturated rings. The number of ether oxygens (including phenoxy) is 1. The third-order valence-electron chi connectivity index (χ3n) is 3.65. The summed E-state index contributed by atoms with van der Waals surface area (Å²) in [5.74, 6) is 0.980. The van der Waals surface area contributed by atoms with E-state index in [-0.39, 0.29) is 17.8 Å². The van der Waals surface area contributed by atoms with Gasteiger partial charge in [-0.2, -0.15) is 0 Å². The molecule has 1 atom stereocenters. The lowest BCUT2D eigenvalue weighted by Gasteiger charge is -2.26. The molecule has 0 saturated heterocycles. The number of phenolic OH excluding ortho intramolecular Hbond substituents is 1. The number of benzene rings is 2. The van der Waals surface area contributed by atoms with Crippen LogP contribution >= 0.6 is 0 Å². The van der Waals surface area contributed by atoms with Gasteiger partial charge >= 0.3 is 0 Å².